The lowest BCUT2D eigenvalue weighted by Crippen LogP contribution is -2.60. The molecule has 0 aromatic carbocycles. The summed E-state index contributed by atoms with van der Waals surface area (Å²) in [6.45, 7) is 20.3. The highest BCUT2D eigenvalue weighted by Gasteiger charge is 2.49. The lowest BCUT2D eigenvalue weighted by atomic mass is 9.85. The van der Waals surface area contributed by atoms with Crippen LogP contribution >= 0.6 is 0 Å². The molecule has 0 aromatic rings. The summed E-state index contributed by atoms with van der Waals surface area (Å²) in [5.74, 6) is -0.300. The molecule has 1 saturated heterocycles. The Morgan fingerprint density at radius 1 is 1.03 bits per heavy atom. The maximum Gasteiger partial charge on any atom is 0.410 e. The van der Waals surface area contributed by atoms with Gasteiger partial charge in [0.15, 0.2) is 0 Å². The van der Waals surface area contributed by atoms with Gasteiger partial charge in [-0.2, -0.15) is 0 Å². The average Bonchev–Trinajstić information content (AvgIpc) is 3.36. The maximum atomic E-state index is 14.0. The number of amides is 4. The quantitative estimate of drug-likeness (QED) is 0.424. The number of alkyl carbamates (subject to hydrolysis) is 1. The molecule has 0 aromatic heterocycles. The van der Waals surface area contributed by atoms with Crippen molar-refractivity contribution < 1.29 is 28.7 Å². The summed E-state index contributed by atoms with van der Waals surface area (Å²) in [6.07, 6.45) is 1.54. The van der Waals surface area contributed by atoms with Gasteiger partial charge in [0.05, 0.1) is 18.7 Å². The zero-order valence-corrected chi connectivity index (χ0v) is 27.0. The Balaban J connectivity index is 2.10. The highest BCUT2D eigenvalue weighted by atomic mass is 28.3. The highest BCUT2D eigenvalue weighted by Crippen LogP contribution is 2.39. The van der Waals surface area contributed by atoms with Crippen molar-refractivity contribution in [2.75, 3.05) is 20.2 Å². The fourth-order valence-corrected chi connectivity index (χ4v) is 5.82. The number of ether oxygens (including phenoxy) is 2. The van der Waals surface area contributed by atoms with E-state index in [0.717, 1.165) is 25.3 Å². The topological polar surface area (TPSA) is 117 Å². The van der Waals surface area contributed by atoms with Gasteiger partial charge in [0.25, 0.3) is 0 Å². The van der Waals surface area contributed by atoms with Crippen molar-refractivity contribution in [3.05, 3.63) is 0 Å². The largest absolute Gasteiger partial charge is 0.450 e. The molecule has 0 bridgehead atoms. The number of hydrogen-bond donors (Lipinski definition) is 2. The van der Waals surface area contributed by atoms with Crippen LogP contribution in [0.4, 0.5) is 9.59 Å². The molecule has 4 amide bonds. The Hall–Kier alpha value is -2.30. The number of rotatable bonds is 8. The van der Waals surface area contributed by atoms with Crippen molar-refractivity contribution in [2.24, 2.45) is 11.3 Å². The lowest BCUT2D eigenvalue weighted by Gasteiger charge is -2.38. The minimum absolute atomic E-state index is 0.134. The first-order valence-electron chi connectivity index (χ1n) is 14.2. The highest BCUT2D eigenvalue weighted by molar-refractivity contribution is 6.76. The Bertz CT molecular complexity index is 907. The zero-order chi connectivity index (χ0) is 29.9. The first-order valence-corrected chi connectivity index (χ1v) is 17.9. The third-order valence-electron chi connectivity index (χ3n) is 7.56. The second-order valence-corrected chi connectivity index (χ2v) is 20.0. The second-order valence-electron chi connectivity index (χ2n) is 14.4. The summed E-state index contributed by atoms with van der Waals surface area (Å²) in [7, 11) is 0.195. The molecule has 0 spiro atoms. The van der Waals surface area contributed by atoms with Crippen LogP contribution in [0, 0.1) is 11.3 Å². The van der Waals surface area contributed by atoms with Crippen molar-refractivity contribution in [3.8, 4) is 0 Å². The van der Waals surface area contributed by atoms with E-state index in [1.165, 1.54) is 11.9 Å². The Labute approximate surface area is 235 Å². The number of nitrogens with one attached hydrogen (secondary N) is 2. The molecule has 1 aliphatic heterocycles. The molecule has 11 heteroatoms. The van der Waals surface area contributed by atoms with E-state index < -0.39 is 49.3 Å². The van der Waals surface area contributed by atoms with Crippen LogP contribution < -0.4 is 10.6 Å². The number of hydrogen-bond acceptors (Lipinski definition) is 6. The van der Waals surface area contributed by atoms with Gasteiger partial charge >= 0.3 is 12.2 Å². The van der Waals surface area contributed by atoms with E-state index in [2.05, 4.69) is 30.3 Å². The first kappa shape index (κ1) is 32.9. The molecule has 10 nitrogen and oxygen atoms in total. The number of fused-ring (bicyclic) bond motifs is 1. The van der Waals surface area contributed by atoms with Crippen molar-refractivity contribution >= 4 is 32.1 Å². The maximum absolute atomic E-state index is 14.0. The minimum atomic E-state index is -1.31. The van der Waals surface area contributed by atoms with Gasteiger partial charge in [-0.3, -0.25) is 14.5 Å². The predicted molar refractivity (Wildman–Crippen MR) is 154 cm³/mol. The standard InChI is InChI=1S/C28H52N4O6Si/c1-18(31(8)26(36)38-28(5,6)7)23(33)30-22(27(2,3)4)24(34)32-15-14-19-12-13-20(21(19)32)29-25(35)37-16-17-39(9,10)11/h18-22H,12-17H2,1-11H3,(H,29,35)(H,30,33)/t18-,19+,20-,21-,22+/m0/s1. The second kappa shape index (κ2) is 12.5. The molecule has 224 valence electrons. The molecule has 5 atom stereocenters. The monoisotopic (exact) mass is 568 g/mol. The van der Waals surface area contributed by atoms with Crippen LogP contribution in [-0.4, -0.2) is 91.8 Å². The van der Waals surface area contributed by atoms with E-state index in [1.54, 1.807) is 27.7 Å². The number of likely N-dealkylation sites (tertiary alicyclic amines) is 1. The molecule has 1 aliphatic carbocycles. The molecule has 2 rings (SSSR count). The number of nitrogens with zero attached hydrogens (tertiary/aromatic N) is 2. The summed E-state index contributed by atoms with van der Waals surface area (Å²) < 4.78 is 10.9. The number of carbonyl (C=O) groups excluding carboxylic acids is 4. The minimum Gasteiger partial charge on any atom is -0.450 e. The first-order chi connectivity index (χ1) is 17.7. The summed E-state index contributed by atoms with van der Waals surface area (Å²) >= 11 is 0. The van der Waals surface area contributed by atoms with E-state index >= 15 is 0 Å². The SMILES string of the molecule is C[C@@H](C(=O)N[C@H](C(=O)N1CC[C@H]2CC[C@H](NC(=O)OCC[Si](C)(C)C)[C@H]21)C(C)(C)C)N(C)C(=O)OC(C)(C)C. The molecule has 0 radical (unpaired) electrons. The third kappa shape index (κ3) is 9.39. The fourth-order valence-electron chi connectivity index (χ4n) is 5.11. The van der Waals surface area contributed by atoms with Gasteiger partial charge < -0.3 is 25.0 Å². The summed E-state index contributed by atoms with van der Waals surface area (Å²) in [5, 5.41) is 5.94. The molecule has 2 N–H and O–H groups in total. The van der Waals surface area contributed by atoms with Crippen molar-refractivity contribution in [3.63, 3.8) is 0 Å². The van der Waals surface area contributed by atoms with Gasteiger partial charge in [-0.1, -0.05) is 40.4 Å². The predicted octanol–water partition coefficient (Wildman–Crippen LogP) is 4.22. The van der Waals surface area contributed by atoms with Gasteiger partial charge in [-0.05, 0) is 64.3 Å². The van der Waals surface area contributed by atoms with Gasteiger partial charge in [-0.25, -0.2) is 9.59 Å². The third-order valence-corrected chi connectivity index (χ3v) is 9.26. The van der Waals surface area contributed by atoms with Crippen LogP contribution in [0.15, 0.2) is 0 Å². The number of carbonyl (C=O) groups is 4. The van der Waals surface area contributed by atoms with Crippen molar-refractivity contribution in [1.82, 2.24) is 20.4 Å². The average molecular weight is 569 g/mol. The Morgan fingerprint density at radius 3 is 2.18 bits per heavy atom. The molecular formula is C28H52N4O6Si. The zero-order valence-electron chi connectivity index (χ0n) is 26.0. The van der Waals surface area contributed by atoms with Crippen LogP contribution in [0.3, 0.4) is 0 Å². The van der Waals surface area contributed by atoms with Crippen molar-refractivity contribution in [1.29, 1.82) is 0 Å². The normalized spacial score (nSPS) is 22.9. The van der Waals surface area contributed by atoms with Crippen LogP contribution in [0.25, 0.3) is 0 Å². The van der Waals surface area contributed by atoms with Gasteiger partial charge in [0, 0.05) is 21.7 Å². The van der Waals surface area contributed by atoms with Crippen LogP contribution in [0.1, 0.15) is 67.7 Å². The molecule has 1 saturated carbocycles. The molecule has 2 fully saturated rings. The Morgan fingerprint density at radius 2 is 1.64 bits per heavy atom. The van der Waals surface area contributed by atoms with Gasteiger partial charge in [-0.15, -0.1) is 0 Å². The van der Waals surface area contributed by atoms with Crippen molar-refractivity contribution in [2.45, 2.75) is 123 Å². The van der Waals surface area contributed by atoms with E-state index in [-0.39, 0.29) is 18.0 Å². The van der Waals surface area contributed by atoms with Gasteiger partial charge in [0.1, 0.15) is 17.7 Å². The van der Waals surface area contributed by atoms with E-state index in [0.29, 0.717) is 19.1 Å². The van der Waals surface area contributed by atoms with E-state index in [9.17, 15) is 19.2 Å². The molecular weight excluding hydrogens is 516 g/mol. The van der Waals surface area contributed by atoms with E-state index in [1.807, 2.05) is 25.7 Å². The molecule has 39 heavy (non-hydrogen) atoms. The van der Waals surface area contributed by atoms with Crippen LogP contribution in [-0.2, 0) is 19.1 Å². The van der Waals surface area contributed by atoms with Gasteiger partial charge in [0.2, 0.25) is 11.8 Å². The smallest absolute Gasteiger partial charge is 0.410 e. The molecule has 1 heterocycles. The van der Waals surface area contributed by atoms with E-state index in [4.69, 9.17) is 9.47 Å². The fraction of sp³-hybridized carbons (Fsp3) is 0.857. The molecule has 0 unspecified atom stereocenters. The number of likely N-dealkylation sites (N-methyl/N-ethyl adjacent to an activating group) is 1. The van der Waals surface area contributed by atoms with Crippen LogP contribution in [0.2, 0.25) is 25.7 Å². The van der Waals surface area contributed by atoms with Crippen LogP contribution in [0.5, 0.6) is 0 Å². The summed E-state index contributed by atoms with van der Waals surface area (Å²) in [4.78, 5) is 55.3. The Kier molecular flexibility index (Phi) is 10.5. The summed E-state index contributed by atoms with van der Waals surface area (Å²) in [5.41, 5.74) is -1.27. The molecule has 2 aliphatic rings. The summed E-state index contributed by atoms with van der Waals surface area (Å²) in [6, 6.07) is -1.06. The lowest BCUT2D eigenvalue weighted by molar-refractivity contribution is -0.141.